The van der Waals surface area contributed by atoms with Gasteiger partial charge >= 0.3 is 6.09 Å². The van der Waals surface area contributed by atoms with E-state index in [4.69, 9.17) is 4.74 Å². The maximum absolute atomic E-state index is 11.8. The number of carbonyl (C=O) groups is 1. The molecule has 5 heteroatoms. The average molecular weight is 293 g/mol. The first-order valence-electron chi connectivity index (χ1n) is 6.47. The second-order valence-electron chi connectivity index (χ2n) is 5.69. The fraction of sp³-hybridized carbons (Fsp3) is 0.400. The normalized spacial score (nSPS) is 13.2. The molecule has 0 bridgehead atoms. The summed E-state index contributed by atoms with van der Waals surface area (Å²) < 4.78 is 6.29. The molecule has 0 radical (unpaired) electrons. The zero-order chi connectivity index (χ0) is 14.9. The monoisotopic (exact) mass is 293 g/mol. The fourth-order valence-electron chi connectivity index (χ4n) is 1.80. The summed E-state index contributed by atoms with van der Waals surface area (Å²) in [6, 6.07) is 9.51. The zero-order valence-corrected chi connectivity index (χ0v) is 12.9. The Labute approximate surface area is 122 Å². The van der Waals surface area contributed by atoms with Crippen LogP contribution in [0.5, 0.6) is 0 Å². The number of nitrogens with zero attached hydrogens (tertiary/aromatic N) is 1. The summed E-state index contributed by atoms with van der Waals surface area (Å²) in [6.45, 7) is 7.07. The van der Waals surface area contributed by atoms with Crippen molar-refractivity contribution in [2.75, 3.05) is 0 Å². The number of hydrogen-bond acceptors (Lipinski definition) is 4. The van der Waals surface area contributed by atoms with Crippen LogP contribution < -0.4 is 0 Å². The van der Waals surface area contributed by atoms with Gasteiger partial charge in [0.15, 0.2) is 0 Å². The minimum Gasteiger partial charge on any atom is -0.442 e. The highest BCUT2D eigenvalue weighted by Gasteiger charge is 2.26. The van der Waals surface area contributed by atoms with Crippen LogP contribution in [-0.2, 0) is 4.74 Å². The summed E-state index contributed by atoms with van der Waals surface area (Å²) in [5.74, 6) is 0. The lowest BCUT2D eigenvalue weighted by Crippen LogP contribution is -2.35. The summed E-state index contributed by atoms with van der Waals surface area (Å²) in [4.78, 5) is 12.8. The van der Waals surface area contributed by atoms with Crippen LogP contribution in [-0.4, -0.2) is 22.0 Å². The Morgan fingerprint density at radius 3 is 2.60 bits per heavy atom. The van der Waals surface area contributed by atoms with Crippen molar-refractivity contribution in [1.82, 2.24) is 5.06 Å². The van der Waals surface area contributed by atoms with Crippen molar-refractivity contribution in [3.05, 3.63) is 35.2 Å². The minimum atomic E-state index is -0.734. The Balaban J connectivity index is 2.17. The van der Waals surface area contributed by atoms with Crippen LogP contribution >= 0.6 is 11.3 Å². The molecule has 0 aliphatic rings. The third kappa shape index (κ3) is 3.29. The number of carbonyl (C=O) groups excluding carboxylic acids is 1. The number of hydroxylamine groups is 2. The summed E-state index contributed by atoms with van der Waals surface area (Å²) in [5.41, 5.74) is -0.627. The van der Waals surface area contributed by atoms with Gasteiger partial charge in [0.25, 0.3) is 0 Å². The molecule has 0 fully saturated rings. The molecule has 1 aromatic carbocycles. The molecule has 0 aliphatic carbocycles. The second kappa shape index (κ2) is 5.42. The molecular formula is C15H19NO3S. The highest BCUT2D eigenvalue weighted by atomic mass is 32.1. The second-order valence-corrected chi connectivity index (χ2v) is 6.80. The van der Waals surface area contributed by atoms with Crippen LogP contribution in [0.4, 0.5) is 4.79 Å². The number of benzene rings is 1. The summed E-state index contributed by atoms with van der Waals surface area (Å²) >= 11 is 1.56. The molecular weight excluding hydrogens is 274 g/mol. The van der Waals surface area contributed by atoms with Crippen molar-refractivity contribution in [3.63, 3.8) is 0 Å². The highest BCUT2D eigenvalue weighted by Crippen LogP contribution is 2.32. The van der Waals surface area contributed by atoms with Crippen molar-refractivity contribution in [2.45, 2.75) is 39.3 Å². The van der Waals surface area contributed by atoms with Crippen LogP contribution in [0.1, 0.15) is 38.6 Å². The molecule has 1 unspecified atom stereocenters. The van der Waals surface area contributed by atoms with Gasteiger partial charge in [-0.05, 0) is 45.2 Å². The predicted molar refractivity (Wildman–Crippen MR) is 80.1 cm³/mol. The van der Waals surface area contributed by atoms with Crippen LogP contribution in [0.15, 0.2) is 30.3 Å². The maximum atomic E-state index is 11.8. The molecule has 0 saturated carbocycles. The minimum absolute atomic E-state index is 0.442. The topological polar surface area (TPSA) is 49.8 Å². The SMILES string of the molecule is CC(c1cc2ccccc2s1)N(O)C(=O)OC(C)(C)C. The highest BCUT2D eigenvalue weighted by molar-refractivity contribution is 7.19. The predicted octanol–water partition coefficient (Wildman–Crippen LogP) is 4.59. The molecule has 0 saturated heterocycles. The molecule has 1 atom stereocenters. The average Bonchev–Trinajstić information content (AvgIpc) is 2.78. The van der Waals surface area contributed by atoms with Crippen molar-refractivity contribution in [2.24, 2.45) is 0 Å². The maximum Gasteiger partial charge on any atom is 0.434 e. The van der Waals surface area contributed by atoms with E-state index < -0.39 is 17.7 Å². The summed E-state index contributed by atoms with van der Waals surface area (Å²) in [5, 5.41) is 11.8. The third-order valence-electron chi connectivity index (χ3n) is 2.80. The molecule has 1 N–H and O–H groups in total. The van der Waals surface area contributed by atoms with Crippen LogP contribution in [0, 0.1) is 0 Å². The molecule has 2 aromatic rings. The van der Waals surface area contributed by atoms with E-state index in [1.807, 2.05) is 30.3 Å². The molecule has 0 spiro atoms. The Kier molecular flexibility index (Phi) is 4.01. The molecule has 20 heavy (non-hydrogen) atoms. The number of ether oxygens (including phenoxy) is 1. The van der Waals surface area contributed by atoms with Gasteiger partial charge < -0.3 is 4.74 Å². The van der Waals surface area contributed by atoms with E-state index in [0.717, 1.165) is 15.0 Å². The van der Waals surface area contributed by atoms with Gasteiger partial charge in [0.2, 0.25) is 0 Å². The Morgan fingerprint density at radius 2 is 2.00 bits per heavy atom. The van der Waals surface area contributed by atoms with E-state index in [1.54, 1.807) is 39.0 Å². The molecule has 1 amide bonds. The molecule has 1 heterocycles. The van der Waals surface area contributed by atoms with Gasteiger partial charge in [-0.3, -0.25) is 5.21 Å². The van der Waals surface area contributed by atoms with Gasteiger partial charge in [-0.2, -0.15) is 5.06 Å². The Bertz CT molecular complexity index is 582. The quantitative estimate of drug-likeness (QED) is 0.651. The van der Waals surface area contributed by atoms with Crippen LogP contribution in [0.2, 0.25) is 0 Å². The van der Waals surface area contributed by atoms with Gasteiger partial charge in [-0.15, -0.1) is 11.3 Å². The van der Waals surface area contributed by atoms with Gasteiger partial charge in [-0.25, -0.2) is 4.79 Å². The van der Waals surface area contributed by atoms with Gasteiger partial charge in [0.05, 0.1) is 6.04 Å². The van der Waals surface area contributed by atoms with E-state index in [-0.39, 0.29) is 0 Å². The number of amides is 1. The number of thiophene rings is 1. The number of fused-ring (bicyclic) bond motifs is 1. The van der Waals surface area contributed by atoms with Crippen molar-refractivity contribution in [3.8, 4) is 0 Å². The van der Waals surface area contributed by atoms with Crippen molar-refractivity contribution < 1.29 is 14.7 Å². The third-order valence-corrected chi connectivity index (χ3v) is 4.09. The van der Waals surface area contributed by atoms with E-state index in [2.05, 4.69) is 0 Å². The van der Waals surface area contributed by atoms with Gasteiger partial charge in [-0.1, -0.05) is 18.2 Å². The summed E-state index contributed by atoms with van der Waals surface area (Å²) in [7, 11) is 0. The first kappa shape index (κ1) is 14.8. The van der Waals surface area contributed by atoms with E-state index in [9.17, 15) is 10.0 Å². The van der Waals surface area contributed by atoms with E-state index in [1.165, 1.54) is 0 Å². The molecule has 108 valence electrons. The Hall–Kier alpha value is -1.59. The Morgan fingerprint density at radius 1 is 1.35 bits per heavy atom. The van der Waals surface area contributed by atoms with Crippen molar-refractivity contribution >= 4 is 27.5 Å². The van der Waals surface area contributed by atoms with Crippen molar-refractivity contribution in [1.29, 1.82) is 0 Å². The molecule has 0 aliphatic heterocycles. The smallest absolute Gasteiger partial charge is 0.434 e. The first-order chi connectivity index (χ1) is 9.28. The zero-order valence-electron chi connectivity index (χ0n) is 12.1. The largest absolute Gasteiger partial charge is 0.442 e. The van der Waals surface area contributed by atoms with Gasteiger partial charge in [0.1, 0.15) is 5.60 Å². The van der Waals surface area contributed by atoms with Gasteiger partial charge in [0, 0.05) is 9.58 Å². The van der Waals surface area contributed by atoms with Crippen LogP contribution in [0.3, 0.4) is 0 Å². The number of hydrogen-bond donors (Lipinski definition) is 1. The summed E-state index contributed by atoms with van der Waals surface area (Å²) in [6.07, 6.45) is -0.734. The lowest BCUT2D eigenvalue weighted by atomic mass is 10.2. The standard InChI is InChI=1S/C15H19NO3S/c1-10(16(18)14(17)19-15(2,3)4)13-9-11-7-5-6-8-12(11)20-13/h5-10,18H,1-4H3. The molecule has 4 nitrogen and oxygen atoms in total. The van der Waals surface area contributed by atoms with E-state index >= 15 is 0 Å². The number of rotatable bonds is 2. The fourth-order valence-corrected chi connectivity index (χ4v) is 2.90. The van der Waals surface area contributed by atoms with E-state index in [0.29, 0.717) is 5.06 Å². The lowest BCUT2D eigenvalue weighted by Gasteiger charge is -2.26. The molecule has 1 aromatic heterocycles. The molecule has 2 rings (SSSR count). The first-order valence-corrected chi connectivity index (χ1v) is 7.29. The lowest BCUT2D eigenvalue weighted by molar-refractivity contribution is -0.117. The van der Waals surface area contributed by atoms with Crippen LogP contribution in [0.25, 0.3) is 10.1 Å².